The molecule has 0 aliphatic heterocycles. The molecule has 0 spiro atoms. The first-order valence-corrected chi connectivity index (χ1v) is 7.08. The van der Waals surface area contributed by atoms with Crippen molar-refractivity contribution in [1.29, 1.82) is 0 Å². The van der Waals surface area contributed by atoms with Gasteiger partial charge in [0.15, 0.2) is 11.5 Å². The van der Waals surface area contributed by atoms with Gasteiger partial charge in [-0.2, -0.15) is 0 Å². The Labute approximate surface area is 124 Å². The number of aryl methyl sites for hydroxylation is 1. The summed E-state index contributed by atoms with van der Waals surface area (Å²) in [4.78, 5) is 4.45. The molecule has 0 amide bonds. The molecule has 2 atom stereocenters. The monoisotopic (exact) mass is 285 g/mol. The van der Waals surface area contributed by atoms with Crippen LogP contribution in [0.2, 0.25) is 0 Å². The van der Waals surface area contributed by atoms with E-state index in [1.54, 1.807) is 20.4 Å². The van der Waals surface area contributed by atoms with Crippen molar-refractivity contribution in [2.24, 2.45) is 0 Å². The molecule has 21 heavy (non-hydrogen) atoms. The number of rotatable bonds is 4. The van der Waals surface area contributed by atoms with E-state index >= 15 is 0 Å². The van der Waals surface area contributed by atoms with Crippen LogP contribution in [0.15, 0.2) is 36.5 Å². The second-order valence-electron chi connectivity index (χ2n) is 5.25. The maximum atomic E-state index is 10.7. The highest BCUT2D eigenvalue weighted by Crippen LogP contribution is 2.42. The summed E-state index contributed by atoms with van der Waals surface area (Å²) < 4.78 is 10.5. The minimum absolute atomic E-state index is 0.0410. The SMILES string of the molecule is COc1ccc(C(O)C2CCc3cccnc32)cc1OC. The second-order valence-corrected chi connectivity index (χ2v) is 5.25. The predicted octanol–water partition coefficient (Wildman–Crippen LogP) is 2.86. The molecule has 4 heteroatoms. The summed E-state index contributed by atoms with van der Waals surface area (Å²) in [5, 5.41) is 10.7. The van der Waals surface area contributed by atoms with E-state index < -0.39 is 6.10 Å². The van der Waals surface area contributed by atoms with E-state index in [9.17, 15) is 5.11 Å². The number of aliphatic hydroxyl groups is 1. The molecule has 1 aliphatic carbocycles. The van der Waals surface area contributed by atoms with Gasteiger partial charge in [-0.1, -0.05) is 12.1 Å². The molecule has 0 bridgehead atoms. The molecule has 3 rings (SSSR count). The van der Waals surface area contributed by atoms with E-state index in [2.05, 4.69) is 11.1 Å². The van der Waals surface area contributed by atoms with Gasteiger partial charge in [0, 0.05) is 17.8 Å². The van der Waals surface area contributed by atoms with Gasteiger partial charge in [-0.15, -0.1) is 0 Å². The minimum Gasteiger partial charge on any atom is -0.493 e. The van der Waals surface area contributed by atoms with E-state index in [1.165, 1.54) is 5.56 Å². The fraction of sp³-hybridized carbons (Fsp3) is 0.353. The molecule has 1 aliphatic rings. The normalized spacial score (nSPS) is 18.1. The van der Waals surface area contributed by atoms with Crippen LogP contribution in [0.3, 0.4) is 0 Å². The Morgan fingerprint density at radius 3 is 2.76 bits per heavy atom. The molecule has 1 aromatic heterocycles. The highest BCUT2D eigenvalue weighted by molar-refractivity contribution is 5.44. The minimum atomic E-state index is -0.582. The second kappa shape index (κ2) is 5.74. The Morgan fingerprint density at radius 2 is 2.00 bits per heavy atom. The van der Waals surface area contributed by atoms with Crippen molar-refractivity contribution in [2.75, 3.05) is 14.2 Å². The van der Waals surface area contributed by atoms with Crippen LogP contribution >= 0.6 is 0 Å². The summed E-state index contributed by atoms with van der Waals surface area (Å²) in [6, 6.07) is 9.58. The zero-order valence-corrected chi connectivity index (χ0v) is 12.2. The number of fused-ring (bicyclic) bond motifs is 1. The van der Waals surface area contributed by atoms with Crippen molar-refractivity contribution in [1.82, 2.24) is 4.98 Å². The molecular formula is C17H19NO3. The third-order valence-corrected chi connectivity index (χ3v) is 4.13. The maximum Gasteiger partial charge on any atom is 0.161 e. The van der Waals surface area contributed by atoms with E-state index in [-0.39, 0.29) is 5.92 Å². The lowest BCUT2D eigenvalue weighted by Gasteiger charge is -2.20. The molecule has 0 saturated carbocycles. The lowest BCUT2D eigenvalue weighted by Crippen LogP contribution is -2.09. The molecular weight excluding hydrogens is 266 g/mol. The van der Waals surface area contributed by atoms with Crippen LogP contribution in [0.4, 0.5) is 0 Å². The number of methoxy groups -OCH3 is 2. The van der Waals surface area contributed by atoms with E-state index in [0.29, 0.717) is 11.5 Å². The molecule has 2 aromatic rings. The molecule has 110 valence electrons. The molecule has 1 heterocycles. The number of ether oxygens (including phenoxy) is 2. The van der Waals surface area contributed by atoms with Gasteiger partial charge in [0.2, 0.25) is 0 Å². The Kier molecular flexibility index (Phi) is 3.80. The summed E-state index contributed by atoms with van der Waals surface area (Å²) in [6.45, 7) is 0. The Bertz CT molecular complexity index is 642. The van der Waals surface area contributed by atoms with Gasteiger partial charge >= 0.3 is 0 Å². The number of hydrogen-bond donors (Lipinski definition) is 1. The zero-order chi connectivity index (χ0) is 14.8. The van der Waals surface area contributed by atoms with Crippen LogP contribution in [-0.4, -0.2) is 24.3 Å². The first kappa shape index (κ1) is 13.9. The maximum absolute atomic E-state index is 10.7. The van der Waals surface area contributed by atoms with Gasteiger partial charge < -0.3 is 14.6 Å². The fourth-order valence-corrected chi connectivity index (χ4v) is 3.02. The zero-order valence-electron chi connectivity index (χ0n) is 12.2. The van der Waals surface area contributed by atoms with Crippen LogP contribution < -0.4 is 9.47 Å². The third-order valence-electron chi connectivity index (χ3n) is 4.13. The van der Waals surface area contributed by atoms with Gasteiger partial charge in [0.25, 0.3) is 0 Å². The van der Waals surface area contributed by atoms with Crippen molar-refractivity contribution >= 4 is 0 Å². The van der Waals surface area contributed by atoms with Gasteiger partial charge in [-0.05, 0) is 42.2 Å². The summed E-state index contributed by atoms with van der Waals surface area (Å²) in [7, 11) is 3.20. The Balaban J connectivity index is 1.91. The largest absolute Gasteiger partial charge is 0.493 e. The Morgan fingerprint density at radius 1 is 1.19 bits per heavy atom. The summed E-state index contributed by atoms with van der Waals surface area (Å²) in [6.07, 6.45) is 3.10. The topological polar surface area (TPSA) is 51.6 Å². The van der Waals surface area contributed by atoms with Crippen molar-refractivity contribution in [3.05, 3.63) is 53.3 Å². The number of aromatic nitrogens is 1. The van der Waals surface area contributed by atoms with Crippen LogP contribution in [0.1, 0.15) is 35.3 Å². The fourth-order valence-electron chi connectivity index (χ4n) is 3.02. The number of aliphatic hydroxyl groups excluding tert-OH is 1. The van der Waals surface area contributed by atoms with Crippen molar-refractivity contribution in [3.63, 3.8) is 0 Å². The highest BCUT2D eigenvalue weighted by Gasteiger charge is 2.31. The van der Waals surface area contributed by atoms with E-state index in [1.807, 2.05) is 24.3 Å². The van der Waals surface area contributed by atoms with Crippen molar-refractivity contribution in [3.8, 4) is 11.5 Å². The molecule has 0 radical (unpaired) electrons. The standard InChI is InChI=1S/C17H19NO3/c1-20-14-8-6-12(10-15(14)21-2)17(19)13-7-5-11-4-3-9-18-16(11)13/h3-4,6,8-10,13,17,19H,5,7H2,1-2H3. The van der Waals surface area contributed by atoms with Gasteiger partial charge in [-0.25, -0.2) is 0 Å². The first-order valence-electron chi connectivity index (χ1n) is 7.08. The third kappa shape index (κ3) is 2.47. The van der Waals surface area contributed by atoms with Crippen molar-refractivity contribution in [2.45, 2.75) is 24.9 Å². The van der Waals surface area contributed by atoms with Crippen LogP contribution in [0.5, 0.6) is 11.5 Å². The smallest absolute Gasteiger partial charge is 0.161 e. The van der Waals surface area contributed by atoms with Gasteiger partial charge in [-0.3, -0.25) is 4.98 Å². The molecule has 0 saturated heterocycles. The van der Waals surface area contributed by atoms with E-state index in [4.69, 9.17) is 9.47 Å². The highest BCUT2D eigenvalue weighted by atomic mass is 16.5. The summed E-state index contributed by atoms with van der Waals surface area (Å²) in [5.41, 5.74) is 3.08. The molecule has 2 unspecified atom stereocenters. The Hall–Kier alpha value is -2.07. The lowest BCUT2D eigenvalue weighted by molar-refractivity contribution is 0.143. The summed E-state index contributed by atoms with van der Waals surface area (Å²) >= 11 is 0. The number of hydrogen-bond acceptors (Lipinski definition) is 4. The molecule has 1 N–H and O–H groups in total. The van der Waals surface area contributed by atoms with Crippen LogP contribution in [0.25, 0.3) is 0 Å². The van der Waals surface area contributed by atoms with Gasteiger partial charge in [0.05, 0.1) is 20.3 Å². The number of pyridine rings is 1. The number of benzene rings is 1. The molecule has 0 fully saturated rings. The average molecular weight is 285 g/mol. The predicted molar refractivity (Wildman–Crippen MR) is 79.8 cm³/mol. The molecule has 4 nitrogen and oxygen atoms in total. The number of nitrogens with zero attached hydrogens (tertiary/aromatic N) is 1. The van der Waals surface area contributed by atoms with E-state index in [0.717, 1.165) is 24.1 Å². The van der Waals surface area contributed by atoms with Crippen molar-refractivity contribution < 1.29 is 14.6 Å². The first-order chi connectivity index (χ1) is 10.2. The summed E-state index contributed by atoms with van der Waals surface area (Å²) in [5.74, 6) is 1.34. The van der Waals surface area contributed by atoms with Gasteiger partial charge in [0.1, 0.15) is 0 Å². The average Bonchev–Trinajstić information content (AvgIpc) is 2.97. The van der Waals surface area contributed by atoms with Crippen LogP contribution in [-0.2, 0) is 6.42 Å². The quantitative estimate of drug-likeness (QED) is 0.938. The molecule has 1 aromatic carbocycles. The van der Waals surface area contributed by atoms with Crippen LogP contribution in [0, 0.1) is 0 Å². The lowest BCUT2D eigenvalue weighted by atomic mass is 9.93.